The highest BCUT2D eigenvalue weighted by Crippen LogP contribution is 2.21. The monoisotopic (exact) mass is 255 g/mol. The smallest absolute Gasteiger partial charge is 0.248 e. The summed E-state index contributed by atoms with van der Waals surface area (Å²) in [5.41, 5.74) is 0.956. The molecule has 0 unspecified atom stereocenters. The maximum Gasteiger partial charge on any atom is 0.248 e. The Morgan fingerprint density at radius 1 is 1.35 bits per heavy atom. The fourth-order valence-electron chi connectivity index (χ4n) is 1.19. The lowest BCUT2D eigenvalue weighted by Gasteiger charge is -2.10. The molecule has 2 N–H and O–H groups in total. The van der Waals surface area contributed by atoms with Crippen LogP contribution in [0.4, 0.5) is 5.13 Å². The summed E-state index contributed by atoms with van der Waals surface area (Å²) >= 11 is 1.39. The molecule has 17 heavy (non-hydrogen) atoms. The maximum atomic E-state index is 11.7. The van der Waals surface area contributed by atoms with E-state index in [2.05, 4.69) is 15.6 Å². The van der Waals surface area contributed by atoms with E-state index in [1.807, 2.05) is 19.2 Å². The number of nitrogens with zero attached hydrogens (tertiary/aromatic N) is 1. The summed E-state index contributed by atoms with van der Waals surface area (Å²) in [6.07, 6.45) is 0. The van der Waals surface area contributed by atoms with Crippen LogP contribution in [0.2, 0.25) is 0 Å². The molecule has 0 aliphatic carbocycles. The minimum Gasteiger partial charge on any atom is -0.345 e. The molecule has 0 radical (unpaired) electrons. The van der Waals surface area contributed by atoms with E-state index in [0.717, 1.165) is 5.69 Å². The zero-order chi connectivity index (χ0) is 13.0. The van der Waals surface area contributed by atoms with Gasteiger partial charge in [0.05, 0.1) is 5.69 Å². The summed E-state index contributed by atoms with van der Waals surface area (Å²) in [5, 5.41) is 7.68. The number of hydrogen-bond acceptors (Lipinski definition) is 4. The van der Waals surface area contributed by atoms with Gasteiger partial charge in [-0.25, -0.2) is 4.98 Å². The van der Waals surface area contributed by atoms with Crippen molar-refractivity contribution in [2.75, 3.05) is 5.32 Å². The van der Waals surface area contributed by atoms with Crippen LogP contribution >= 0.6 is 11.3 Å². The van der Waals surface area contributed by atoms with E-state index in [1.165, 1.54) is 18.3 Å². The molecule has 1 heterocycles. The van der Waals surface area contributed by atoms with Gasteiger partial charge in [-0.15, -0.1) is 11.3 Å². The first-order valence-electron chi connectivity index (χ1n) is 5.43. The predicted molar refractivity (Wildman–Crippen MR) is 68.1 cm³/mol. The average Bonchev–Trinajstić information content (AvgIpc) is 2.65. The largest absolute Gasteiger partial charge is 0.345 e. The van der Waals surface area contributed by atoms with Gasteiger partial charge in [0.1, 0.15) is 6.04 Å². The molecule has 0 fully saturated rings. The topological polar surface area (TPSA) is 71.1 Å². The van der Waals surface area contributed by atoms with Crippen molar-refractivity contribution in [3.8, 4) is 0 Å². The highest BCUT2D eigenvalue weighted by atomic mass is 32.1. The molecule has 1 atom stereocenters. The van der Waals surface area contributed by atoms with Gasteiger partial charge in [0.2, 0.25) is 11.8 Å². The van der Waals surface area contributed by atoms with E-state index >= 15 is 0 Å². The number of amides is 2. The minimum atomic E-state index is -0.557. The SMILES string of the molecule is CC(=O)N[C@@H](C)C(=O)Nc1nc(C(C)C)cs1. The molecule has 0 saturated carbocycles. The van der Waals surface area contributed by atoms with E-state index in [9.17, 15) is 9.59 Å². The molecule has 1 aromatic rings. The number of carbonyl (C=O) groups excluding carboxylic acids is 2. The van der Waals surface area contributed by atoms with Crippen molar-refractivity contribution in [3.05, 3.63) is 11.1 Å². The van der Waals surface area contributed by atoms with Crippen LogP contribution in [0.5, 0.6) is 0 Å². The first kappa shape index (κ1) is 13.6. The Balaban J connectivity index is 2.58. The van der Waals surface area contributed by atoms with Crippen molar-refractivity contribution in [2.24, 2.45) is 0 Å². The van der Waals surface area contributed by atoms with Crippen LogP contribution in [-0.4, -0.2) is 22.8 Å². The standard InChI is InChI=1S/C11H17N3O2S/c1-6(2)9-5-17-11(13-9)14-10(16)7(3)12-8(4)15/h5-7H,1-4H3,(H,12,15)(H,13,14,16)/t7-/m0/s1. The summed E-state index contributed by atoms with van der Waals surface area (Å²) in [6.45, 7) is 7.10. The normalized spacial score (nSPS) is 12.3. The lowest BCUT2D eigenvalue weighted by molar-refractivity contribution is -0.124. The van der Waals surface area contributed by atoms with E-state index in [1.54, 1.807) is 6.92 Å². The Morgan fingerprint density at radius 2 is 2.00 bits per heavy atom. The molecule has 0 bridgehead atoms. The van der Waals surface area contributed by atoms with Gasteiger partial charge in [-0.1, -0.05) is 13.8 Å². The van der Waals surface area contributed by atoms with Gasteiger partial charge in [-0.2, -0.15) is 0 Å². The fraction of sp³-hybridized carbons (Fsp3) is 0.545. The molecule has 0 aromatic carbocycles. The number of nitrogens with one attached hydrogen (secondary N) is 2. The van der Waals surface area contributed by atoms with Gasteiger partial charge in [0.15, 0.2) is 5.13 Å². The Morgan fingerprint density at radius 3 is 2.47 bits per heavy atom. The molecule has 6 heteroatoms. The summed E-state index contributed by atoms with van der Waals surface area (Å²) in [4.78, 5) is 26.8. The van der Waals surface area contributed by atoms with Gasteiger partial charge in [0.25, 0.3) is 0 Å². The van der Waals surface area contributed by atoms with E-state index in [0.29, 0.717) is 11.0 Å². The number of anilines is 1. The number of carbonyl (C=O) groups is 2. The van der Waals surface area contributed by atoms with Crippen LogP contribution in [0.15, 0.2) is 5.38 Å². The Bertz CT molecular complexity index is 415. The third kappa shape index (κ3) is 4.14. The fourth-order valence-corrected chi connectivity index (χ4v) is 2.07. The molecule has 94 valence electrons. The third-order valence-electron chi connectivity index (χ3n) is 2.16. The molecule has 0 saturated heterocycles. The average molecular weight is 255 g/mol. The van der Waals surface area contributed by atoms with Crippen molar-refractivity contribution in [3.63, 3.8) is 0 Å². The highest BCUT2D eigenvalue weighted by molar-refractivity contribution is 7.13. The minimum absolute atomic E-state index is 0.227. The molecule has 1 aromatic heterocycles. The van der Waals surface area contributed by atoms with Crippen LogP contribution in [-0.2, 0) is 9.59 Å². The van der Waals surface area contributed by atoms with Crippen LogP contribution in [0, 0.1) is 0 Å². The maximum absolute atomic E-state index is 11.7. The second-order valence-corrected chi connectivity index (χ2v) is 5.00. The Kier molecular flexibility index (Phi) is 4.62. The van der Waals surface area contributed by atoms with Crippen LogP contribution < -0.4 is 10.6 Å². The first-order chi connectivity index (χ1) is 7.90. The molecular formula is C11H17N3O2S. The second kappa shape index (κ2) is 5.77. The molecular weight excluding hydrogens is 238 g/mol. The number of thiazole rings is 1. The summed E-state index contributed by atoms with van der Waals surface area (Å²) < 4.78 is 0. The van der Waals surface area contributed by atoms with Crippen molar-refractivity contribution in [1.29, 1.82) is 0 Å². The summed E-state index contributed by atoms with van der Waals surface area (Å²) in [5.74, 6) is -0.149. The number of aromatic nitrogens is 1. The van der Waals surface area contributed by atoms with Gasteiger partial charge >= 0.3 is 0 Å². The molecule has 0 aliphatic rings. The number of rotatable bonds is 4. The molecule has 0 aliphatic heterocycles. The van der Waals surface area contributed by atoms with E-state index in [4.69, 9.17) is 0 Å². The Hall–Kier alpha value is -1.43. The zero-order valence-corrected chi connectivity index (χ0v) is 11.2. The van der Waals surface area contributed by atoms with Crippen molar-refractivity contribution in [2.45, 2.75) is 39.7 Å². The van der Waals surface area contributed by atoms with Gasteiger partial charge in [0, 0.05) is 12.3 Å². The summed E-state index contributed by atoms with van der Waals surface area (Å²) in [7, 11) is 0. The third-order valence-corrected chi connectivity index (χ3v) is 2.93. The van der Waals surface area contributed by atoms with E-state index < -0.39 is 6.04 Å². The first-order valence-corrected chi connectivity index (χ1v) is 6.31. The molecule has 0 spiro atoms. The van der Waals surface area contributed by atoms with Crippen molar-refractivity contribution < 1.29 is 9.59 Å². The second-order valence-electron chi connectivity index (χ2n) is 4.14. The predicted octanol–water partition coefficient (Wildman–Crippen LogP) is 1.73. The Labute approximate surface area is 105 Å². The number of hydrogen-bond donors (Lipinski definition) is 2. The lowest BCUT2D eigenvalue weighted by Crippen LogP contribution is -2.40. The molecule has 1 rings (SSSR count). The summed E-state index contributed by atoms with van der Waals surface area (Å²) in [6, 6.07) is -0.557. The lowest BCUT2D eigenvalue weighted by atomic mass is 10.2. The molecule has 2 amide bonds. The quantitative estimate of drug-likeness (QED) is 0.860. The highest BCUT2D eigenvalue weighted by Gasteiger charge is 2.15. The van der Waals surface area contributed by atoms with Crippen molar-refractivity contribution in [1.82, 2.24) is 10.3 Å². The van der Waals surface area contributed by atoms with Crippen LogP contribution in [0.3, 0.4) is 0 Å². The van der Waals surface area contributed by atoms with Gasteiger partial charge in [-0.3, -0.25) is 9.59 Å². The van der Waals surface area contributed by atoms with Gasteiger partial charge < -0.3 is 10.6 Å². The van der Waals surface area contributed by atoms with Crippen molar-refractivity contribution >= 4 is 28.3 Å². The van der Waals surface area contributed by atoms with Crippen LogP contribution in [0.1, 0.15) is 39.3 Å². The van der Waals surface area contributed by atoms with Crippen LogP contribution in [0.25, 0.3) is 0 Å². The van der Waals surface area contributed by atoms with E-state index in [-0.39, 0.29) is 11.8 Å². The van der Waals surface area contributed by atoms with Gasteiger partial charge in [-0.05, 0) is 12.8 Å². The zero-order valence-electron chi connectivity index (χ0n) is 10.4. The molecule has 5 nitrogen and oxygen atoms in total.